The molecule has 128 valence electrons. The molecule has 0 spiro atoms. The molecule has 0 bridgehead atoms. The Morgan fingerprint density at radius 1 is 0.958 bits per heavy atom. The lowest BCUT2D eigenvalue weighted by molar-refractivity contribution is 0.0942. The average Bonchev–Trinajstić information content (AvgIpc) is 2.65. The Bertz CT molecular complexity index is 635. The fourth-order valence-corrected chi connectivity index (χ4v) is 2.50. The standard InChI is InChI=1S/C20H25NO3/c1-4-5-14-21-19(15-6-10-17(23-2)11-7-15)20(22)16-8-12-18(24-3)13-9-16/h6-13,19,21H,4-5,14H2,1-3H3/t19-/m0/s1. The third-order valence-electron chi connectivity index (χ3n) is 3.96. The first-order chi connectivity index (χ1) is 11.7. The summed E-state index contributed by atoms with van der Waals surface area (Å²) in [5, 5.41) is 3.38. The van der Waals surface area contributed by atoms with Crippen LogP contribution in [0.5, 0.6) is 11.5 Å². The quantitative estimate of drug-likeness (QED) is 0.558. The number of benzene rings is 2. The monoisotopic (exact) mass is 327 g/mol. The Morgan fingerprint density at radius 2 is 1.50 bits per heavy atom. The molecule has 0 aliphatic rings. The number of carbonyl (C=O) groups is 1. The molecule has 0 fully saturated rings. The van der Waals surface area contributed by atoms with Crippen LogP contribution in [-0.2, 0) is 0 Å². The zero-order valence-electron chi connectivity index (χ0n) is 14.5. The van der Waals surface area contributed by atoms with Crippen molar-refractivity contribution in [2.75, 3.05) is 20.8 Å². The zero-order valence-corrected chi connectivity index (χ0v) is 14.5. The number of rotatable bonds is 9. The van der Waals surface area contributed by atoms with Gasteiger partial charge in [0.1, 0.15) is 11.5 Å². The van der Waals surface area contributed by atoms with Gasteiger partial charge in [0.15, 0.2) is 5.78 Å². The normalized spacial score (nSPS) is 11.8. The smallest absolute Gasteiger partial charge is 0.184 e. The number of methoxy groups -OCH3 is 2. The number of hydrogen-bond donors (Lipinski definition) is 1. The van der Waals surface area contributed by atoms with E-state index in [0.717, 1.165) is 36.4 Å². The van der Waals surface area contributed by atoms with Crippen LogP contribution in [0.1, 0.15) is 41.7 Å². The van der Waals surface area contributed by atoms with E-state index in [1.54, 1.807) is 26.4 Å². The summed E-state index contributed by atoms with van der Waals surface area (Å²) < 4.78 is 10.4. The summed E-state index contributed by atoms with van der Waals surface area (Å²) >= 11 is 0. The molecular weight excluding hydrogens is 302 g/mol. The van der Waals surface area contributed by atoms with Gasteiger partial charge in [-0.05, 0) is 54.9 Å². The van der Waals surface area contributed by atoms with E-state index >= 15 is 0 Å². The molecule has 0 amide bonds. The highest BCUT2D eigenvalue weighted by Gasteiger charge is 2.21. The maximum absolute atomic E-state index is 13.0. The van der Waals surface area contributed by atoms with Crippen molar-refractivity contribution in [3.63, 3.8) is 0 Å². The molecule has 1 N–H and O–H groups in total. The van der Waals surface area contributed by atoms with Gasteiger partial charge >= 0.3 is 0 Å². The molecule has 2 aromatic carbocycles. The Labute approximate surface area is 143 Å². The van der Waals surface area contributed by atoms with E-state index in [1.807, 2.05) is 36.4 Å². The maximum Gasteiger partial charge on any atom is 0.184 e. The van der Waals surface area contributed by atoms with Crippen LogP contribution in [0.4, 0.5) is 0 Å². The molecule has 0 saturated heterocycles. The molecule has 24 heavy (non-hydrogen) atoms. The Balaban J connectivity index is 2.23. The molecule has 1 atom stereocenters. The minimum atomic E-state index is -0.365. The van der Waals surface area contributed by atoms with Crippen LogP contribution in [0.2, 0.25) is 0 Å². The molecule has 0 saturated carbocycles. The van der Waals surface area contributed by atoms with Crippen LogP contribution in [0.15, 0.2) is 48.5 Å². The van der Waals surface area contributed by atoms with Crippen molar-refractivity contribution in [1.29, 1.82) is 0 Å². The average molecular weight is 327 g/mol. The summed E-state index contributed by atoms with van der Waals surface area (Å²) in [6, 6.07) is 14.5. The summed E-state index contributed by atoms with van der Waals surface area (Å²) in [6.07, 6.45) is 2.11. The highest BCUT2D eigenvalue weighted by molar-refractivity contribution is 6.00. The zero-order chi connectivity index (χ0) is 17.4. The molecule has 0 aromatic heterocycles. The summed E-state index contributed by atoms with van der Waals surface area (Å²) in [4.78, 5) is 13.0. The van der Waals surface area contributed by atoms with Crippen molar-refractivity contribution in [3.05, 3.63) is 59.7 Å². The van der Waals surface area contributed by atoms with E-state index in [-0.39, 0.29) is 11.8 Å². The first kappa shape index (κ1) is 18.0. The fraction of sp³-hybridized carbons (Fsp3) is 0.350. The van der Waals surface area contributed by atoms with Crippen LogP contribution in [0.3, 0.4) is 0 Å². The first-order valence-corrected chi connectivity index (χ1v) is 8.25. The van der Waals surface area contributed by atoms with Crippen molar-refractivity contribution < 1.29 is 14.3 Å². The van der Waals surface area contributed by atoms with E-state index in [0.29, 0.717) is 5.56 Å². The first-order valence-electron chi connectivity index (χ1n) is 8.25. The van der Waals surface area contributed by atoms with Gasteiger partial charge in [-0.25, -0.2) is 0 Å². The van der Waals surface area contributed by atoms with E-state index in [1.165, 1.54) is 0 Å². The van der Waals surface area contributed by atoms with Crippen molar-refractivity contribution in [2.45, 2.75) is 25.8 Å². The largest absolute Gasteiger partial charge is 0.497 e. The Kier molecular flexibility index (Phi) is 6.82. The van der Waals surface area contributed by atoms with Crippen molar-refractivity contribution in [3.8, 4) is 11.5 Å². The lowest BCUT2D eigenvalue weighted by Gasteiger charge is -2.19. The molecule has 4 heteroatoms. The SMILES string of the molecule is CCCCN[C@H](C(=O)c1ccc(OC)cc1)c1ccc(OC)cc1. The third-order valence-corrected chi connectivity index (χ3v) is 3.96. The minimum absolute atomic E-state index is 0.0546. The summed E-state index contributed by atoms with van der Waals surface area (Å²) in [5.74, 6) is 1.58. The lowest BCUT2D eigenvalue weighted by atomic mass is 9.97. The van der Waals surface area contributed by atoms with Crippen LogP contribution < -0.4 is 14.8 Å². The highest BCUT2D eigenvalue weighted by Crippen LogP contribution is 2.23. The fourth-order valence-electron chi connectivity index (χ4n) is 2.50. The Hall–Kier alpha value is -2.33. The van der Waals surface area contributed by atoms with Gasteiger partial charge in [-0.3, -0.25) is 4.79 Å². The van der Waals surface area contributed by atoms with Crippen LogP contribution in [0, 0.1) is 0 Å². The number of hydrogen-bond acceptors (Lipinski definition) is 4. The molecule has 0 unspecified atom stereocenters. The predicted octanol–water partition coefficient (Wildman–Crippen LogP) is 4.02. The lowest BCUT2D eigenvalue weighted by Crippen LogP contribution is -2.29. The van der Waals surface area contributed by atoms with Crippen LogP contribution in [-0.4, -0.2) is 26.5 Å². The van der Waals surface area contributed by atoms with Crippen molar-refractivity contribution in [2.24, 2.45) is 0 Å². The van der Waals surface area contributed by atoms with E-state index < -0.39 is 0 Å². The molecule has 4 nitrogen and oxygen atoms in total. The van der Waals surface area contributed by atoms with Gasteiger partial charge in [0.05, 0.1) is 20.3 Å². The molecule has 0 radical (unpaired) electrons. The molecule has 2 rings (SSSR count). The molecule has 0 aliphatic heterocycles. The molecule has 0 aliphatic carbocycles. The van der Waals surface area contributed by atoms with Crippen molar-refractivity contribution >= 4 is 5.78 Å². The predicted molar refractivity (Wildman–Crippen MR) is 96.0 cm³/mol. The number of unbranched alkanes of at least 4 members (excludes halogenated alkanes) is 1. The molecule has 2 aromatic rings. The van der Waals surface area contributed by atoms with Crippen molar-refractivity contribution in [1.82, 2.24) is 5.32 Å². The summed E-state index contributed by atoms with van der Waals surface area (Å²) in [6.45, 7) is 2.93. The second kappa shape index (κ2) is 9.08. The number of carbonyl (C=O) groups excluding carboxylic acids is 1. The van der Waals surface area contributed by atoms with Gasteiger partial charge in [-0.1, -0.05) is 25.5 Å². The van der Waals surface area contributed by atoms with Gasteiger partial charge in [0.2, 0.25) is 0 Å². The number of nitrogens with one attached hydrogen (secondary N) is 1. The van der Waals surface area contributed by atoms with Gasteiger partial charge < -0.3 is 14.8 Å². The number of ether oxygens (including phenoxy) is 2. The number of Topliss-reactive ketones (excluding diaryl/α,β-unsaturated/α-hetero) is 1. The number of ketones is 1. The van der Waals surface area contributed by atoms with E-state index in [2.05, 4.69) is 12.2 Å². The van der Waals surface area contributed by atoms with Gasteiger partial charge in [-0.2, -0.15) is 0 Å². The molecular formula is C20H25NO3. The van der Waals surface area contributed by atoms with Crippen LogP contribution >= 0.6 is 0 Å². The minimum Gasteiger partial charge on any atom is -0.497 e. The van der Waals surface area contributed by atoms with Gasteiger partial charge in [0, 0.05) is 5.56 Å². The van der Waals surface area contributed by atoms with Crippen LogP contribution in [0.25, 0.3) is 0 Å². The topological polar surface area (TPSA) is 47.6 Å². The Morgan fingerprint density at radius 3 is 2.00 bits per heavy atom. The third kappa shape index (κ3) is 4.59. The maximum atomic E-state index is 13.0. The molecule has 0 heterocycles. The van der Waals surface area contributed by atoms with Gasteiger partial charge in [-0.15, -0.1) is 0 Å². The second-order valence-electron chi connectivity index (χ2n) is 5.61. The van der Waals surface area contributed by atoms with E-state index in [9.17, 15) is 4.79 Å². The second-order valence-corrected chi connectivity index (χ2v) is 5.61. The summed E-state index contributed by atoms with van der Waals surface area (Å²) in [7, 11) is 3.25. The van der Waals surface area contributed by atoms with Gasteiger partial charge in [0.25, 0.3) is 0 Å². The highest BCUT2D eigenvalue weighted by atomic mass is 16.5. The van der Waals surface area contributed by atoms with E-state index in [4.69, 9.17) is 9.47 Å². The summed E-state index contributed by atoms with van der Waals surface area (Å²) in [5.41, 5.74) is 1.60.